The van der Waals surface area contributed by atoms with Crippen LogP contribution in [0.4, 0.5) is 5.69 Å². The van der Waals surface area contributed by atoms with Crippen molar-refractivity contribution in [1.82, 2.24) is 9.78 Å². The number of nitrogens with zero attached hydrogens (tertiary/aromatic N) is 3. The van der Waals surface area contributed by atoms with E-state index in [0.717, 1.165) is 11.8 Å². The molecule has 20 heavy (non-hydrogen) atoms. The number of ether oxygens (including phenoxy) is 2. The van der Waals surface area contributed by atoms with Crippen molar-refractivity contribution in [1.29, 1.82) is 0 Å². The predicted molar refractivity (Wildman–Crippen MR) is 63.7 cm³/mol. The molecule has 110 valence electrons. The molecule has 0 saturated heterocycles. The highest BCUT2D eigenvalue weighted by atomic mass is 16.6. The first-order chi connectivity index (χ1) is 9.33. The standard InChI is InChI=1S/C10H13N3O7/c1-5(19-2)4-12-8(9(14)15)7(13(17)18)6(11-12)10(16)20-3/h5H,4H2,1-3H3,(H,14,15)/t5-/m0/s1. The summed E-state index contributed by atoms with van der Waals surface area (Å²) in [5.74, 6) is -2.65. The van der Waals surface area contributed by atoms with Crippen LogP contribution in [-0.4, -0.2) is 52.1 Å². The lowest BCUT2D eigenvalue weighted by molar-refractivity contribution is -0.385. The number of aromatic carboxylic acids is 1. The Morgan fingerprint density at radius 2 is 2.10 bits per heavy atom. The Hall–Kier alpha value is -2.49. The number of hydrogen-bond acceptors (Lipinski definition) is 7. The summed E-state index contributed by atoms with van der Waals surface area (Å²) in [4.78, 5) is 32.6. The first kappa shape index (κ1) is 15.6. The van der Waals surface area contributed by atoms with Gasteiger partial charge in [-0.2, -0.15) is 5.10 Å². The van der Waals surface area contributed by atoms with Gasteiger partial charge in [-0.25, -0.2) is 14.3 Å². The quantitative estimate of drug-likeness (QED) is 0.449. The van der Waals surface area contributed by atoms with Crippen LogP contribution >= 0.6 is 0 Å². The van der Waals surface area contributed by atoms with E-state index >= 15 is 0 Å². The number of esters is 1. The molecular weight excluding hydrogens is 274 g/mol. The van der Waals surface area contributed by atoms with E-state index in [-0.39, 0.29) is 6.54 Å². The molecule has 0 bridgehead atoms. The van der Waals surface area contributed by atoms with Gasteiger partial charge in [0, 0.05) is 7.11 Å². The van der Waals surface area contributed by atoms with Crippen molar-refractivity contribution < 1.29 is 29.1 Å². The number of carbonyl (C=O) groups is 2. The molecule has 0 saturated carbocycles. The van der Waals surface area contributed by atoms with E-state index in [9.17, 15) is 19.7 Å². The van der Waals surface area contributed by atoms with Crippen molar-refractivity contribution in [3.05, 3.63) is 21.5 Å². The van der Waals surface area contributed by atoms with E-state index in [0.29, 0.717) is 0 Å². The van der Waals surface area contributed by atoms with E-state index in [1.807, 2.05) is 0 Å². The number of aromatic nitrogens is 2. The van der Waals surface area contributed by atoms with Crippen LogP contribution in [0.15, 0.2) is 0 Å². The molecule has 0 aliphatic carbocycles. The Morgan fingerprint density at radius 3 is 2.50 bits per heavy atom. The molecule has 0 aliphatic heterocycles. The Morgan fingerprint density at radius 1 is 1.50 bits per heavy atom. The number of hydrogen-bond donors (Lipinski definition) is 1. The molecule has 10 heteroatoms. The zero-order valence-corrected chi connectivity index (χ0v) is 11.0. The summed E-state index contributed by atoms with van der Waals surface area (Å²) in [7, 11) is 2.41. The molecule has 1 aromatic heterocycles. The number of methoxy groups -OCH3 is 2. The maximum Gasteiger partial charge on any atom is 0.365 e. The molecule has 0 unspecified atom stereocenters. The molecule has 0 radical (unpaired) electrons. The van der Waals surface area contributed by atoms with E-state index in [1.54, 1.807) is 6.92 Å². The topological polar surface area (TPSA) is 134 Å². The molecule has 0 aliphatic rings. The van der Waals surface area contributed by atoms with Gasteiger partial charge >= 0.3 is 17.6 Å². The van der Waals surface area contributed by atoms with Crippen LogP contribution in [0.3, 0.4) is 0 Å². The molecule has 1 N–H and O–H groups in total. The van der Waals surface area contributed by atoms with Gasteiger partial charge < -0.3 is 14.6 Å². The lowest BCUT2D eigenvalue weighted by Gasteiger charge is -2.09. The van der Waals surface area contributed by atoms with Crippen molar-refractivity contribution in [3.8, 4) is 0 Å². The largest absolute Gasteiger partial charge is 0.476 e. The van der Waals surface area contributed by atoms with Gasteiger partial charge in [-0.1, -0.05) is 0 Å². The minimum atomic E-state index is -1.57. The van der Waals surface area contributed by atoms with Crippen LogP contribution in [0.5, 0.6) is 0 Å². The monoisotopic (exact) mass is 287 g/mol. The fourth-order valence-electron chi connectivity index (χ4n) is 1.52. The number of carboxylic acids is 1. The first-order valence-electron chi connectivity index (χ1n) is 5.43. The summed E-state index contributed by atoms with van der Waals surface area (Å²) < 4.78 is 10.2. The number of carboxylic acid groups (broad SMARTS) is 1. The summed E-state index contributed by atoms with van der Waals surface area (Å²) in [5, 5.41) is 23.7. The second-order valence-electron chi connectivity index (χ2n) is 3.83. The predicted octanol–water partition coefficient (Wildman–Crippen LogP) is 0.311. The van der Waals surface area contributed by atoms with Crippen LogP contribution in [0.2, 0.25) is 0 Å². The molecule has 0 aromatic carbocycles. The molecule has 0 fully saturated rings. The highest BCUT2D eigenvalue weighted by Crippen LogP contribution is 2.25. The van der Waals surface area contributed by atoms with Gasteiger partial charge in [-0.05, 0) is 6.92 Å². The summed E-state index contributed by atoms with van der Waals surface area (Å²) in [6, 6.07) is 0. The summed E-state index contributed by atoms with van der Waals surface area (Å²) in [6.07, 6.45) is -0.446. The van der Waals surface area contributed by atoms with Gasteiger partial charge in [0.2, 0.25) is 11.4 Å². The molecule has 0 amide bonds. The second-order valence-corrected chi connectivity index (χ2v) is 3.83. The first-order valence-corrected chi connectivity index (χ1v) is 5.43. The molecule has 1 aromatic rings. The molecule has 1 atom stereocenters. The van der Waals surface area contributed by atoms with Gasteiger partial charge in [0.25, 0.3) is 0 Å². The maximum atomic E-state index is 11.5. The third kappa shape index (κ3) is 2.91. The van der Waals surface area contributed by atoms with E-state index < -0.39 is 40.0 Å². The summed E-state index contributed by atoms with van der Waals surface area (Å²) >= 11 is 0. The van der Waals surface area contributed by atoms with Crippen molar-refractivity contribution in [3.63, 3.8) is 0 Å². The third-order valence-electron chi connectivity index (χ3n) is 2.52. The molecule has 0 spiro atoms. The van der Waals surface area contributed by atoms with E-state index in [1.165, 1.54) is 7.11 Å². The van der Waals surface area contributed by atoms with Gasteiger partial charge in [0.1, 0.15) is 0 Å². The lowest BCUT2D eigenvalue weighted by Crippen LogP contribution is -2.20. The smallest absolute Gasteiger partial charge is 0.365 e. The highest BCUT2D eigenvalue weighted by molar-refractivity contribution is 5.99. The Kier molecular flexibility index (Phi) is 4.75. The van der Waals surface area contributed by atoms with Gasteiger partial charge in [0.15, 0.2) is 0 Å². The molecule has 1 rings (SSSR count). The van der Waals surface area contributed by atoms with E-state index in [2.05, 4.69) is 9.84 Å². The fourth-order valence-corrected chi connectivity index (χ4v) is 1.52. The van der Waals surface area contributed by atoms with Crippen LogP contribution in [0, 0.1) is 10.1 Å². The van der Waals surface area contributed by atoms with Crippen molar-refractivity contribution in [2.75, 3.05) is 14.2 Å². The summed E-state index contributed by atoms with van der Waals surface area (Å²) in [5.41, 5.74) is -2.25. The van der Waals surface area contributed by atoms with Crippen molar-refractivity contribution in [2.45, 2.75) is 19.6 Å². The zero-order valence-electron chi connectivity index (χ0n) is 11.0. The minimum absolute atomic E-state index is 0.0596. The van der Waals surface area contributed by atoms with Gasteiger partial charge in [-0.15, -0.1) is 0 Å². The van der Waals surface area contributed by atoms with Crippen LogP contribution < -0.4 is 0 Å². The zero-order chi connectivity index (χ0) is 15.4. The maximum absolute atomic E-state index is 11.5. The normalized spacial score (nSPS) is 11.9. The van der Waals surface area contributed by atoms with Crippen LogP contribution in [0.1, 0.15) is 27.9 Å². The van der Waals surface area contributed by atoms with Crippen molar-refractivity contribution >= 4 is 17.6 Å². The molecular formula is C10H13N3O7. The van der Waals surface area contributed by atoms with Crippen LogP contribution in [-0.2, 0) is 16.0 Å². The molecule has 10 nitrogen and oxygen atoms in total. The lowest BCUT2D eigenvalue weighted by atomic mass is 10.3. The third-order valence-corrected chi connectivity index (χ3v) is 2.52. The average molecular weight is 287 g/mol. The van der Waals surface area contributed by atoms with Gasteiger partial charge in [0.05, 0.1) is 24.7 Å². The van der Waals surface area contributed by atoms with Gasteiger partial charge in [-0.3, -0.25) is 10.1 Å². The number of nitro groups is 1. The SMILES string of the molecule is COC(=O)c1nn(C[C@H](C)OC)c(C(=O)O)c1[N+](=O)[O-]. The minimum Gasteiger partial charge on any atom is -0.476 e. The Bertz CT molecular complexity index is 551. The Balaban J connectivity index is 3.48. The Labute approximate surface area is 113 Å². The van der Waals surface area contributed by atoms with E-state index in [4.69, 9.17) is 9.84 Å². The fraction of sp³-hybridized carbons (Fsp3) is 0.500. The summed E-state index contributed by atoms with van der Waals surface area (Å²) in [6.45, 7) is 1.56. The number of rotatable bonds is 6. The average Bonchev–Trinajstić information content (AvgIpc) is 2.77. The van der Waals surface area contributed by atoms with Crippen LogP contribution in [0.25, 0.3) is 0 Å². The number of carbonyl (C=O) groups excluding carboxylic acids is 1. The highest BCUT2D eigenvalue weighted by Gasteiger charge is 2.36. The second kappa shape index (κ2) is 6.10. The van der Waals surface area contributed by atoms with Crippen molar-refractivity contribution in [2.24, 2.45) is 0 Å². The molecule has 1 heterocycles.